The molecule has 3 atom stereocenters. The molecule has 2 fully saturated rings. The molecule has 1 saturated carbocycles. The van der Waals surface area contributed by atoms with Crippen LogP contribution < -0.4 is 5.32 Å². The van der Waals surface area contributed by atoms with E-state index >= 15 is 0 Å². The number of hydrogen-bond donors (Lipinski definition) is 2. The lowest BCUT2D eigenvalue weighted by Crippen LogP contribution is -2.52. The van der Waals surface area contributed by atoms with Gasteiger partial charge in [0.05, 0.1) is 19.3 Å². The molecule has 1 aliphatic heterocycles. The lowest BCUT2D eigenvalue weighted by Gasteiger charge is -2.31. The van der Waals surface area contributed by atoms with Crippen LogP contribution in [0.5, 0.6) is 0 Å². The Balaban J connectivity index is 2.00. The fourth-order valence-electron chi connectivity index (χ4n) is 2.74. The third kappa shape index (κ3) is 3.42. The number of nitrogens with one attached hydrogen (secondary N) is 1. The fourth-order valence-corrected chi connectivity index (χ4v) is 2.74. The Morgan fingerprint density at radius 3 is 2.65 bits per heavy atom. The summed E-state index contributed by atoms with van der Waals surface area (Å²) in [4.78, 5) is 25.3. The quantitative estimate of drug-likeness (QED) is 0.770. The number of amides is 2. The van der Waals surface area contributed by atoms with E-state index in [1.165, 1.54) is 12.8 Å². The van der Waals surface area contributed by atoms with Crippen LogP contribution in [0, 0.1) is 11.8 Å². The van der Waals surface area contributed by atoms with Gasteiger partial charge in [0, 0.05) is 12.6 Å². The summed E-state index contributed by atoms with van der Waals surface area (Å²) in [7, 11) is 0. The zero-order chi connectivity index (χ0) is 14.7. The highest BCUT2D eigenvalue weighted by molar-refractivity contribution is 5.77. The zero-order valence-electron chi connectivity index (χ0n) is 12.2. The first-order chi connectivity index (χ1) is 9.54. The Bertz CT molecular complexity index is 370. The summed E-state index contributed by atoms with van der Waals surface area (Å²) in [5, 5.41) is 12.2. The number of carbonyl (C=O) groups is 2. The molecule has 0 spiro atoms. The molecule has 6 nitrogen and oxygen atoms in total. The summed E-state index contributed by atoms with van der Waals surface area (Å²) < 4.78 is 5.27. The highest BCUT2D eigenvalue weighted by Gasteiger charge is 2.40. The van der Waals surface area contributed by atoms with Gasteiger partial charge < -0.3 is 20.1 Å². The molecule has 6 heteroatoms. The molecule has 0 aromatic rings. The van der Waals surface area contributed by atoms with Gasteiger partial charge in [-0.1, -0.05) is 6.92 Å². The van der Waals surface area contributed by atoms with Crippen LogP contribution in [0.3, 0.4) is 0 Å². The number of carboxylic acids is 1. The minimum Gasteiger partial charge on any atom is -0.481 e. The standard InChI is InChI=1S/C14H24N2O4/c1-3-6-16(12-8-20-7-11(12)13(17)18)14(19)15-9(2)10-4-5-10/h9-12H,3-8H2,1-2H3,(H,15,19)(H,17,18). The van der Waals surface area contributed by atoms with E-state index in [1.54, 1.807) is 4.90 Å². The third-order valence-corrected chi connectivity index (χ3v) is 4.17. The largest absolute Gasteiger partial charge is 0.481 e. The van der Waals surface area contributed by atoms with E-state index in [9.17, 15) is 14.7 Å². The molecule has 2 amide bonds. The van der Waals surface area contributed by atoms with Crippen LogP contribution in [0.1, 0.15) is 33.1 Å². The molecule has 1 heterocycles. The van der Waals surface area contributed by atoms with Crippen molar-refractivity contribution in [3.05, 3.63) is 0 Å². The summed E-state index contributed by atoms with van der Waals surface area (Å²) in [6.07, 6.45) is 3.13. The average molecular weight is 284 g/mol. The summed E-state index contributed by atoms with van der Waals surface area (Å²) in [5.74, 6) is -0.933. The molecule has 0 bridgehead atoms. The number of nitrogens with zero attached hydrogens (tertiary/aromatic N) is 1. The van der Waals surface area contributed by atoms with Crippen molar-refractivity contribution in [2.24, 2.45) is 11.8 Å². The van der Waals surface area contributed by atoms with E-state index in [-0.39, 0.29) is 24.7 Å². The van der Waals surface area contributed by atoms with Gasteiger partial charge in [0.25, 0.3) is 0 Å². The lowest BCUT2D eigenvalue weighted by molar-refractivity contribution is -0.142. The van der Waals surface area contributed by atoms with Gasteiger partial charge in [-0.2, -0.15) is 0 Å². The molecule has 2 N–H and O–H groups in total. The second kappa shape index (κ2) is 6.43. The molecule has 114 valence electrons. The van der Waals surface area contributed by atoms with Gasteiger partial charge in [-0.25, -0.2) is 4.79 Å². The summed E-state index contributed by atoms with van der Waals surface area (Å²) >= 11 is 0. The summed E-state index contributed by atoms with van der Waals surface area (Å²) in [6, 6.07) is -0.362. The molecular weight excluding hydrogens is 260 g/mol. The molecule has 2 aliphatic rings. The summed E-state index contributed by atoms with van der Waals surface area (Å²) in [5.41, 5.74) is 0. The highest BCUT2D eigenvalue weighted by Crippen LogP contribution is 2.32. The Labute approximate surface area is 119 Å². The summed E-state index contributed by atoms with van der Waals surface area (Å²) in [6.45, 7) is 5.05. The van der Waals surface area contributed by atoms with Crippen LogP contribution in [-0.2, 0) is 9.53 Å². The third-order valence-electron chi connectivity index (χ3n) is 4.17. The van der Waals surface area contributed by atoms with Crippen LogP contribution in [0.25, 0.3) is 0 Å². The van der Waals surface area contributed by atoms with Gasteiger partial charge in [-0.3, -0.25) is 4.79 Å². The van der Waals surface area contributed by atoms with Crippen molar-refractivity contribution in [1.29, 1.82) is 0 Å². The number of hydrogen-bond acceptors (Lipinski definition) is 3. The second-order valence-corrected chi connectivity index (χ2v) is 5.82. The average Bonchev–Trinajstić information content (AvgIpc) is 3.13. The van der Waals surface area contributed by atoms with Gasteiger partial charge in [0.2, 0.25) is 0 Å². The molecule has 0 aromatic carbocycles. The predicted molar refractivity (Wildman–Crippen MR) is 73.4 cm³/mol. The minimum absolute atomic E-state index is 0.159. The smallest absolute Gasteiger partial charge is 0.317 e. The maximum atomic E-state index is 12.4. The molecule has 0 radical (unpaired) electrons. The topological polar surface area (TPSA) is 78.9 Å². The first-order valence-corrected chi connectivity index (χ1v) is 7.42. The molecule has 2 rings (SSSR count). The SMILES string of the molecule is CCCN(C(=O)NC(C)C1CC1)C1COCC1C(=O)O. The highest BCUT2D eigenvalue weighted by atomic mass is 16.5. The van der Waals surface area contributed by atoms with E-state index in [4.69, 9.17) is 4.74 Å². The van der Waals surface area contributed by atoms with E-state index in [0.717, 1.165) is 6.42 Å². The van der Waals surface area contributed by atoms with Crippen molar-refractivity contribution in [2.45, 2.75) is 45.2 Å². The number of carbonyl (C=O) groups excluding carboxylic acids is 1. The van der Waals surface area contributed by atoms with Crippen molar-refractivity contribution in [2.75, 3.05) is 19.8 Å². The first kappa shape index (κ1) is 15.1. The Hall–Kier alpha value is -1.30. The maximum Gasteiger partial charge on any atom is 0.317 e. The number of rotatable bonds is 6. The predicted octanol–water partition coefficient (Wildman–Crippen LogP) is 1.31. The van der Waals surface area contributed by atoms with E-state index < -0.39 is 11.9 Å². The Morgan fingerprint density at radius 1 is 1.40 bits per heavy atom. The number of carboxylic acid groups (broad SMARTS) is 1. The van der Waals surface area contributed by atoms with Crippen molar-refractivity contribution in [3.8, 4) is 0 Å². The van der Waals surface area contributed by atoms with Crippen molar-refractivity contribution in [1.82, 2.24) is 10.2 Å². The molecule has 1 aliphatic carbocycles. The van der Waals surface area contributed by atoms with Crippen LogP contribution in [0.15, 0.2) is 0 Å². The van der Waals surface area contributed by atoms with Crippen molar-refractivity contribution < 1.29 is 19.4 Å². The van der Waals surface area contributed by atoms with Gasteiger partial charge in [-0.15, -0.1) is 0 Å². The maximum absolute atomic E-state index is 12.4. The molecule has 0 aromatic heterocycles. The molecule has 20 heavy (non-hydrogen) atoms. The number of aliphatic carboxylic acids is 1. The van der Waals surface area contributed by atoms with E-state index in [2.05, 4.69) is 5.32 Å². The zero-order valence-corrected chi connectivity index (χ0v) is 12.2. The fraction of sp³-hybridized carbons (Fsp3) is 0.857. The monoisotopic (exact) mass is 284 g/mol. The minimum atomic E-state index is -0.892. The Morgan fingerprint density at radius 2 is 2.10 bits per heavy atom. The van der Waals surface area contributed by atoms with Crippen LogP contribution in [-0.4, -0.2) is 53.8 Å². The molecule has 1 saturated heterocycles. The van der Waals surface area contributed by atoms with Crippen LogP contribution in [0.2, 0.25) is 0 Å². The number of ether oxygens (including phenoxy) is 1. The van der Waals surface area contributed by atoms with Gasteiger partial charge >= 0.3 is 12.0 Å². The van der Waals surface area contributed by atoms with Crippen molar-refractivity contribution >= 4 is 12.0 Å². The van der Waals surface area contributed by atoms with Crippen LogP contribution in [0.4, 0.5) is 4.79 Å². The van der Waals surface area contributed by atoms with E-state index in [1.807, 2.05) is 13.8 Å². The second-order valence-electron chi connectivity index (χ2n) is 5.82. The molecular formula is C14H24N2O4. The first-order valence-electron chi connectivity index (χ1n) is 7.42. The number of urea groups is 1. The van der Waals surface area contributed by atoms with Gasteiger partial charge in [0.1, 0.15) is 5.92 Å². The van der Waals surface area contributed by atoms with E-state index in [0.29, 0.717) is 19.1 Å². The normalized spacial score (nSPS) is 27.1. The lowest BCUT2D eigenvalue weighted by atomic mass is 10.0. The van der Waals surface area contributed by atoms with Crippen molar-refractivity contribution in [3.63, 3.8) is 0 Å². The molecule has 3 unspecified atom stereocenters. The van der Waals surface area contributed by atoms with Gasteiger partial charge in [0.15, 0.2) is 0 Å². The van der Waals surface area contributed by atoms with Crippen LogP contribution >= 0.6 is 0 Å². The van der Waals surface area contributed by atoms with Gasteiger partial charge in [-0.05, 0) is 32.1 Å². The Kier molecular flexibility index (Phi) is 4.86.